The van der Waals surface area contributed by atoms with Gasteiger partial charge in [-0.25, -0.2) is 4.98 Å². The summed E-state index contributed by atoms with van der Waals surface area (Å²) in [6.45, 7) is 6.09. The zero-order valence-corrected chi connectivity index (χ0v) is 10.8. The summed E-state index contributed by atoms with van der Waals surface area (Å²) >= 11 is 0. The van der Waals surface area contributed by atoms with Crippen molar-refractivity contribution in [1.82, 2.24) is 14.1 Å². The van der Waals surface area contributed by atoms with Crippen LogP contribution in [0.1, 0.15) is 18.3 Å². The number of hydrogen-bond donors (Lipinski definition) is 0. The first-order valence-corrected chi connectivity index (χ1v) is 6.34. The van der Waals surface area contributed by atoms with E-state index in [9.17, 15) is 0 Å². The zero-order chi connectivity index (χ0) is 12.5. The van der Waals surface area contributed by atoms with Gasteiger partial charge in [-0.15, -0.1) is 0 Å². The number of hydrogen-bond acceptors (Lipinski definition) is 1. The highest BCUT2D eigenvalue weighted by molar-refractivity contribution is 5.83. The number of rotatable bonds is 3. The lowest BCUT2D eigenvalue weighted by Crippen LogP contribution is -2.06. The minimum Gasteiger partial charge on any atom is -0.340 e. The molecule has 0 aliphatic carbocycles. The highest BCUT2D eigenvalue weighted by Gasteiger charge is 2.06. The maximum absolute atomic E-state index is 4.43. The van der Waals surface area contributed by atoms with Gasteiger partial charge in [0, 0.05) is 36.0 Å². The SMILES string of the molecule is CCn1ccnc1Cn1ccc2c(C)cccc21. The summed E-state index contributed by atoms with van der Waals surface area (Å²) in [5.74, 6) is 1.11. The molecule has 0 saturated heterocycles. The van der Waals surface area contributed by atoms with E-state index >= 15 is 0 Å². The molecule has 0 amide bonds. The van der Waals surface area contributed by atoms with Gasteiger partial charge in [-0.05, 0) is 31.5 Å². The zero-order valence-electron chi connectivity index (χ0n) is 10.8. The van der Waals surface area contributed by atoms with E-state index in [0.717, 1.165) is 18.9 Å². The van der Waals surface area contributed by atoms with Crippen molar-refractivity contribution in [2.45, 2.75) is 26.9 Å². The van der Waals surface area contributed by atoms with Gasteiger partial charge in [-0.3, -0.25) is 0 Å². The second-order valence-electron chi connectivity index (χ2n) is 4.58. The fraction of sp³-hybridized carbons (Fsp3) is 0.267. The Morgan fingerprint density at radius 1 is 1.11 bits per heavy atom. The molecule has 3 nitrogen and oxygen atoms in total. The highest BCUT2D eigenvalue weighted by atomic mass is 15.1. The summed E-state index contributed by atoms with van der Waals surface area (Å²) < 4.78 is 4.44. The number of nitrogens with zero attached hydrogens (tertiary/aromatic N) is 3. The Kier molecular flexibility index (Phi) is 2.67. The van der Waals surface area contributed by atoms with Crippen molar-refractivity contribution in [1.29, 1.82) is 0 Å². The Balaban J connectivity index is 2.03. The number of aryl methyl sites for hydroxylation is 2. The van der Waals surface area contributed by atoms with Crippen LogP contribution in [0.15, 0.2) is 42.9 Å². The second kappa shape index (κ2) is 4.33. The van der Waals surface area contributed by atoms with E-state index in [2.05, 4.69) is 58.4 Å². The summed E-state index contributed by atoms with van der Waals surface area (Å²) in [7, 11) is 0. The molecule has 0 bridgehead atoms. The molecule has 0 aliphatic rings. The predicted molar refractivity (Wildman–Crippen MR) is 73.7 cm³/mol. The van der Waals surface area contributed by atoms with Gasteiger partial charge in [-0.2, -0.15) is 0 Å². The highest BCUT2D eigenvalue weighted by Crippen LogP contribution is 2.20. The molecule has 2 aromatic heterocycles. The minimum atomic E-state index is 0.827. The van der Waals surface area contributed by atoms with Crippen LogP contribution in [-0.2, 0) is 13.1 Å². The normalized spacial score (nSPS) is 11.2. The third kappa shape index (κ3) is 1.72. The summed E-state index contributed by atoms with van der Waals surface area (Å²) in [6.07, 6.45) is 6.05. The van der Waals surface area contributed by atoms with Crippen LogP contribution in [0.2, 0.25) is 0 Å². The van der Waals surface area contributed by atoms with Gasteiger partial charge in [0.1, 0.15) is 5.82 Å². The van der Waals surface area contributed by atoms with Crippen LogP contribution in [0.5, 0.6) is 0 Å². The van der Waals surface area contributed by atoms with Crippen molar-refractivity contribution in [2.75, 3.05) is 0 Å². The van der Waals surface area contributed by atoms with Crippen molar-refractivity contribution in [2.24, 2.45) is 0 Å². The van der Waals surface area contributed by atoms with Crippen molar-refractivity contribution in [3.63, 3.8) is 0 Å². The van der Waals surface area contributed by atoms with Gasteiger partial charge < -0.3 is 9.13 Å². The third-order valence-electron chi connectivity index (χ3n) is 3.49. The van der Waals surface area contributed by atoms with Crippen LogP contribution < -0.4 is 0 Å². The molecule has 0 aliphatic heterocycles. The Bertz CT molecular complexity index is 676. The number of imidazole rings is 1. The van der Waals surface area contributed by atoms with E-state index < -0.39 is 0 Å². The summed E-state index contributed by atoms with van der Waals surface area (Å²) in [5.41, 5.74) is 2.60. The van der Waals surface area contributed by atoms with Gasteiger partial charge in [-0.1, -0.05) is 12.1 Å². The maximum Gasteiger partial charge on any atom is 0.128 e. The predicted octanol–water partition coefficient (Wildman–Crippen LogP) is 3.21. The average molecular weight is 239 g/mol. The summed E-state index contributed by atoms with van der Waals surface area (Å²) in [5, 5.41) is 1.33. The second-order valence-corrected chi connectivity index (χ2v) is 4.58. The van der Waals surface area contributed by atoms with Gasteiger partial charge in [0.2, 0.25) is 0 Å². The largest absolute Gasteiger partial charge is 0.340 e. The molecule has 3 aromatic rings. The average Bonchev–Trinajstić information content (AvgIpc) is 2.98. The summed E-state index contributed by atoms with van der Waals surface area (Å²) in [4.78, 5) is 4.43. The Labute approximate surface area is 107 Å². The van der Waals surface area contributed by atoms with Crippen molar-refractivity contribution in [3.8, 4) is 0 Å². The molecule has 1 aromatic carbocycles. The van der Waals surface area contributed by atoms with Crippen molar-refractivity contribution < 1.29 is 0 Å². The molecule has 0 radical (unpaired) electrons. The number of aromatic nitrogens is 3. The van der Waals surface area contributed by atoms with Gasteiger partial charge in [0.15, 0.2) is 0 Å². The van der Waals surface area contributed by atoms with Crippen molar-refractivity contribution in [3.05, 3.63) is 54.2 Å². The van der Waals surface area contributed by atoms with Crippen LogP contribution in [0.4, 0.5) is 0 Å². The lowest BCUT2D eigenvalue weighted by molar-refractivity contribution is 0.662. The molecule has 3 rings (SSSR count). The first kappa shape index (κ1) is 11.1. The van der Waals surface area contributed by atoms with Crippen molar-refractivity contribution >= 4 is 10.9 Å². The van der Waals surface area contributed by atoms with Crippen LogP contribution in [0, 0.1) is 6.92 Å². The van der Waals surface area contributed by atoms with E-state index in [4.69, 9.17) is 0 Å². The molecular weight excluding hydrogens is 222 g/mol. The van der Waals surface area contributed by atoms with Crippen LogP contribution in [0.3, 0.4) is 0 Å². The third-order valence-corrected chi connectivity index (χ3v) is 3.49. The Morgan fingerprint density at radius 3 is 2.83 bits per heavy atom. The molecule has 0 fully saturated rings. The molecule has 0 spiro atoms. The lowest BCUT2D eigenvalue weighted by atomic mass is 10.1. The standard InChI is InChI=1S/C15H17N3/c1-3-17-10-8-16-15(17)11-18-9-7-13-12(2)5-4-6-14(13)18/h4-10H,3,11H2,1-2H3. The fourth-order valence-corrected chi connectivity index (χ4v) is 2.45. The smallest absolute Gasteiger partial charge is 0.128 e. The van der Waals surface area contributed by atoms with E-state index in [-0.39, 0.29) is 0 Å². The topological polar surface area (TPSA) is 22.8 Å². The van der Waals surface area contributed by atoms with Gasteiger partial charge in [0.05, 0.1) is 6.54 Å². The van der Waals surface area contributed by atoms with Gasteiger partial charge >= 0.3 is 0 Å². The van der Waals surface area contributed by atoms with Gasteiger partial charge in [0.25, 0.3) is 0 Å². The first-order chi connectivity index (χ1) is 8.79. The Hall–Kier alpha value is -2.03. The quantitative estimate of drug-likeness (QED) is 0.688. The molecule has 18 heavy (non-hydrogen) atoms. The maximum atomic E-state index is 4.43. The molecular formula is C15H17N3. The molecule has 92 valence electrons. The monoisotopic (exact) mass is 239 g/mol. The lowest BCUT2D eigenvalue weighted by Gasteiger charge is -2.07. The molecule has 2 heterocycles. The minimum absolute atomic E-state index is 0.827. The van der Waals surface area contributed by atoms with Crippen LogP contribution >= 0.6 is 0 Å². The fourth-order valence-electron chi connectivity index (χ4n) is 2.45. The molecule has 0 N–H and O–H groups in total. The Morgan fingerprint density at radius 2 is 2.00 bits per heavy atom. The van der Waals surface area contributed by atoms with E-state index in [1.165, 1.54) is 16.5 Å². The first-order valence-electron chi connectivity index (χ1n) is 6.34. The van der Waals surface area contributed by atoms with E-state index in [1.54, 1.807) is 0 Å². The molecule has 0 atom stereocenters. The summed E-state index contributed by atoms with van der Waals surface area (Å²) in [6, 6.07) is 8.62. The number of benzene rings is 1. The van der Waals surface area contributed by atoms with Crippen LogP contribution in [-0.4, -0.2) is 14.1 Å². The van der Waals surface area contributed by atoms with E-state index in [1.807, 2.05) is 12.4 Å². The van der Waals surface area contributed by atoms with E-state index in [0.29, 0.717) is 0 Å². The van der Waals surface area contributed by atoms with Crippen LogP contribution in [0.25, 0.3) is 10.9 Å². The number of fused-ring (bicyclic) bond motifs is 1. The molecule has 0 saturated carbocycles. The molecule has 0 unspecified atom stereocenters. The molecule has 3 heteroatoms.